The van der Waals surface area contributed by atoms with Crippen LogP contribution in [0.5, 0.6) is 0 Å². The maximum absolute atomic E-state index is 10.8. The second-order valence-electron chi connectivity index (χ2n) is 1.98. The molecule has 0 aromatic carbocycles. The molecule has 0 aliphatic heterocycles. The van der Waals surface area contributed by atoms with Crippen molar-refractivity contribution in [3.05, 3.63) is 0 Å². The van der Waals surface area contributed by atoms with Crippen LogP contribution in [-0.2, 0) is 14.3 Å². The Bertz CT molecular complexity index is 233. The maximum Gasteiger partial charge on any atom is 0.352 e. The highest BCUT2D eigenvalue weighted by Crippen LogP contribution is 1.90. The number of carbonyl (C=O) groups excluding carboxylic acids is 2. The average Bonchev–Trinajstić information content (AvgIpc) is 2.12. The molecule has 5 heteroatoms. The van der Waals surface area contributed by atoms with Crippen LogP contribution in [0.15, 0.2) is 4.99 Å². The van der Waals surface area contributed by atoms with Crippen molar-refractivity contribution < 1.29 is 14.3 Å². The van der Waals surface area contributed by atoms with Crippen LogP contribution in [0.2, 0.25) is 0 Å². The number of esters is 1. The number of aldehydes is 1. The van der Waals surface area contributed by atoms with E-state index in [1.807, 2.05) is 0 Å². The molecule has 0 atom stereocenters. The summed E-state index contributed by atoms with van der Waals surface area (Å²) in [4.78, 5) is 24.5. The van der Waals surface area contributed by atoms with Gasteiger partial charge in [-0.15, -0.1) is 0 Å². The van der Waals surface area contributed by atoms with Gasteiger partial charge < -0.3 is 10.1 Å². The van der Waals surface area contributed by atoms with Gasteiger partial charge in [-0.3, -0.25) is 9.79 Å². The molecule has 0 saturated carbocycles. The predicted molar refractivity (Wildman–Crippen MR) is 43.8 cm³/mol. The number of rotatable bonds is 4. The summed E-state index contributed by atoms with van der Waals surface area (Å²) in [6, 6.07) is 0. The van der Waals surface area contributed by atoms with Gasteiger partial charge in [0.05, 0.1) is 12.8 Å². The Morgan fingerprint density at radius 1 is 1.67 bits per heavy atom. The molecule has 0 bridgehead atoms. The van der Waals surface area contributed by atoms with E-state index in [1.165, 1.54) is 14.2 Å². The summed E-state index contributed by atoms with van der Waals surface area (Å²) in [6.45, 7) is 0. The summed E-state index contributed by atoms with van der Waals surface area (Å²) >= 11 is 0. The molecule has 66 valence electrons. The van der Waals surface area contributed by atoms with Gasteiger partial charge in [0.15, 0.2) is 6.29 Å². The largest absolute Gasteiger partial charge is 0.465 e. The summed E-state index contributed by atoms with van der Waals surface area (Å²) in [5.74, 6) is -0.607. The molecule has 0 rings (SSSR count). The Balaban J connectivity index is 4.30. The monoisotopic (exact) mass is 170 g/mol. The van der Waals surface area contributed by atoms with E-state index in [-0.39, 0.29) is 17.8 Å². The molecule has 0 aromatic heterocycles. The first-order chi connectivity index (χ1) is 5.65. The molecule has 0 saturated heterocycles. The molecule has 0 heterocycles. The smallest absolute Gasteiger partial charge is 0.352 e. The third-order valence-electron chi connectivity index (χ3n) is 1.19. The number of ether oxygens (including phenoxy) is 1. The van der Waals surface area contributed by atoms with Crippen molar-refractivity contribution in [1.29, 1.82) is 5.41 Å². The predicted octanol–water partition coefficient (Wildman–Crippen LogP) is -0.161. The van der Waals surface area contributed by atoms with E-state index in [0.717, 1.165) is 0 Å². The van der Waals surface area contributed by atoms with E-state index in [9.17, 15) is 9.59 Å². The molecular weight excluding hydrogens is 160 g/mol. The third kappa shape index (κ3) is 3.05. The number of nitrogens with zero attached hydrogens (tertiary/aromatic N) is 1. The van der Waals surface area contributed by atoms with Crippen LogP contribution in [0, 0.1) is 5.41 Å². The summed E-state index contributed by atoms with van der Waals surface area (Å²) in [6.07, 6.45) is 0.292. The van der Waals surface area contributed by atoms with Crippen molar-refractivity contribution in [3.63, 3.8) is 0 Å². The van der Waals surface area contributed by atoms with Crippen LogP contribution >= 0.6 is 0 Å². The molecular formula is C7H10N2O3. The minimum atomic E-state index is -0.607. The van der Waals surface area contributed by atoms with Gasteiger partial charge in [-0.25, -0.2) is 4.79 Å². The third-order valence-corrected chi connectivity index (χ3v) is 1.19. The van der Waals surface area contributed by atoms with E-state index >= 15 is 0 Å². The lowest BCUT2D eigenvalue weighted by Crippen LogP contribution is -2.19. The Hall–Kier alpha value is -1.52. The van der Waals surface area contributed by atoms with Gasteiger partial charge in [0, 0.05) is 13.5 Å². The van der Waals surface area contributed by atoms with E-state index in [1.54, 1.807) is 0 Å². The van der Waals surface area contributed by atoms with Crippen molar-refractivity contribution >= 4 is 23.7 Å². The number of hydrogen-bond donors (Lipinski definition) is 1. The molecule has 5 nitrogen and oxygen atoms in total. The minimum absolute atomic E-state index is 0.0767. The molecule has 1 N–H and O–H groups in total. The number of nitrogens with one attached hydrogen (secondary N) is 1. The lowest BCUT2D eigenvalue weighted by Gasteiger charge is -2.00. The Morgan fingerprint density at radius 2 is 2.25 bits per heavy atom. The lowest BCUT2D eigenvalue weighted by atomic mass is 10.2. The minimum Gasteiger partial charge on any atom is -0.465 e. The zero-order valence-electron chi connectivity index (χ0n) is 6.96. The molecule has 0 spiro atoms. The topological polar surface area (TPSA) is 79.6 Å². The highest BCUT2D eigenvalue weighted by molar-refractivity contribution is 6.45. The van der Waals surface area contributed by atoms with Gasteiger partial charge in [0.25, 0.3) is 0 Å². The zero-order valence-corrected chi connectivity index (χ0v) is 6.96. The Morgan fingerprint density at radius 3 is 2.58 bits per heavy atom. The van der Waals surface area contributed by atoms with Crippen LogP contribution in [0.25, 0.3) is 0 Å². The molecule has 12 heavy (non-hydrogen) atoms. The highest BCUT2D eigenvalue weighted by atomic mass is 16.5. The summed E-state index contributed by atoms with van der Waals surface area (Å²) in [5.41, 5.74) is -0.115. The van der Waals surface area contributed by atoms with E-state index in [0.29, 0.717) is 6.29 Å². The van der Waals surface area contributed by atoms with Gasteiger partial charge in [0.2, 0.25) is 0 Å². The quantitative estimate of drug-likeness (QED) is 0.361. The number of carbonyl (C=O) groups is 2. The van der Waals surface area contributed by atoms with Gasteiger partial charge in [-0.1, -0.05) is 0 Å². The number of methoxy groups -OCH3 is 1. The molecule has 0 aromatic rings. The van der Waals surface area contributed by atoms with Crippen molar-refractivity contribution in [3.8, 4) is 0 Å². The first kappa shape index (κ1) is 10.5. The SMILES string of the molecule is CN=C(CC(=N)C=O)C(=O)OC. The Labute approximate surface area is 69.9 Å². The Kier molecular flexibility index (Phi) is 4.52. The van der Waals surface area contributed by atoms with Gasteiger partial charge in [-0.05, 0) is 0 Å². The van der Waals surface area contributed by atoms with Crippen LogP contribution in [0.3, 0.4) is 0 Å². The van der Waals surface area contributed by atoms with E-state index in [2.05, 4.69) is 9.73 Å². The van der Waals surface area contributed by atoms with Crippen LogP contribution < -0.4 is 0 Å². The standard InChI is InChI=1S/C7H10N2O3/c1-9-6(7(11)12-2)3-5(8)4-10/h4,8H,3H2,1-2H3. The van der Waals surface area contributed by atoms with Gasteiger partial charge >= 0.3 is 5.97 Å². The lowest BCUT2D eigenvalue weighted by molar-refractivity contribution is -0.132. The van der Waals surface area contributed by atoms with Gasteiger partial charge in [-0.2, -0.15) is 0 Å². The summed E-state index contributed by atoms with van der Waals surface area (Å²) in [5, 5.41) is 6.98. The van der Waals surface area contributed by atoms with Crippen molar-refractivity contribution in [2.24, 2.45) is 4.99 Å². The molecule has 0 aliphatic rings. The maximum atomic E-state index is 10.8. The fourth-order valence-corrected chi connectivity index (χ4v) is 0.582. The zero-order chi connectivity index (χ0) is 9.56. The fourth-order valence-electron chi connectivity index (χ4n) is 0.582. The second kappa shape index (κ2) is 5.17. The molecule has 0 radical (unpaired) electrons. The van der Waals surface area contributed by atoms with Crippen LogP contribution in [-0.4, -0.2) is 37.8 Å². The molecule has 0 fully saturated rings. The fraction of sp³-hybridized carbons (Fsp3) is 0.429. The summed E-state index contributed by atoms with van der Waals surface area (Å²) < 4.78 is 4.37. The highest BCUT2D eigenvalue weighted by Gasteiger charge is 2.12. The van der Waals surface area contributed by atoms with Crippen molar-refractivity contribution in [1.82, 2.24) is 0 Å². The van der Waals surface area contributed by atoms with Gasteiger partial charge in [0.1, 0.15) is 5.71 Å². The molecule has 0 amide bonds. The summed E-state index contributed by atoms with van der Waals surface area (Å²) in [7, 11) is 2.63. The molecule has 0 aliphatic carbocycles. The van der Waals surface area contributed by atoms with Crippen molar-refractivity contribution in [2.45, 2.75) is 6.42 Å². The van der Waals surface area contributed by atoms with E-state index in [4.69, 9.17) is 5.41 Å². The number of hydrogen-bond acceptors (Lipinski definition) is 5. The van der Waals surface area contributed by atoms with Crippen LogP contribution in [0.1, 0.15) is 6.42 Å². The van der Waals surface area contributed by atoms with E-state index < -0.39 is 5.97 Å². The number of aliphatic imine (C=N–C) groups is 1. The molecule has 0 unspecified atom stereocenters. The average molecular weight is 170 g/mol. The second-order valence-corrected chi connectivity index (χ2v) is 1.98. The first-order valence-electron chi connectivity index (χ1n) is 3.22. The van der Waals surface area contributed by atoms with Crippen molar-refractivity contribution in [2.75, 3.05) is 14.2 Å². The normalized spacial score (nSPS) is 10.7. The first-order valence-corrected chi connectivity index (χ1v) is 3.22. The van der Waals surface area contributed by atoms with Crippen LogP contribution in [0.4, 0.5) is 0 Å².